The van der Waals surface area contributed by atoms with E-state index in [0.717, 1.165) is 49.7 Å². The average Bonchev–Trinajstić information content (AvgIpc) is 2.39. The maximum absolute atomic E-state index is 5.32. The minimum Gasteiger partial charge on any atom is -0.480 e. The minimum absolute atomic E-state index is 0.568. The molecule has 5 heteroatoms. The zero-order valence-corrected chi connectivity index (χ0v) is 11.0. The molecule has 2 rings (SSSR count). The maximum Gasteiger partial charge on any atom is 0.236 e. The molecule has 2 heterocycles. The van der Waals surface area contributed by atoms with E-state index in [9.17, 15) is 0 Å². The van der Waals surface area contributed by atoms with Gasteiger partial charge in [0.15, 0.2) is 0 Å². The Hall–Kier alpha value is -1.46. The van der Waals surface area contributed by atoms with E-state index < -0.39 is 0 Å². The van der Waals surface area contributed by atoms with Crippen LogP contribution >= 0.6 is 0 Å². The van der Waals surface area contributed by atoms with E-state index in [1.165, 1.54) is 0 Å². The fourth-order valence-electron chi connectivity index (χ4n) is 1.96. The van der Waals surface area contributed by atoms with Gasteiger partial charge >= 0.3 is 0 Å². The van der Waals surface area contributed by atoms with Crippen molar-refractivity contribution in [3.8, 4) is 5.88 Å². The Morgan fingerprint density at radius 2 is 2.17 bits per heavy atom. The van der Waals surface area contributed by atoms with Gasteiger partial charge in [0.2, 0.25) is 5.88 Å². The molecule has 1 aliphatic heterocycles. The summed E-state index contributed by atoms with van der Waals surface area (Å²) in [6.45, 7) is 10.3. The van der Waals surface area contributed by atoms with Crippen LogP contribution in [0.1, 0.15) is 11.3 Å². The van der Waals surface area contributed by atoms with Crippen molar-refractivity contribution in [2.45, 2.75) is 6.92 Å². The van der Waals surface area contributed by atoms with Crippen LogP contribution in [0.25, 0.3) is 5.57 Å². The first-order chi connectivity index (χ1) is 8.70. The third-order valence-corrected chi connectivity index (χ3v) is 3.01. The Labute approximate surface area is 107 Å². The zero-order chi connectivity index (χ0) is 13.0. The van der Waals surface area contributed by atoms with Gasteiger partial charge in [-0.3, -0.25) is 4.90 Å². The molecule has 1 aromatic heterocycles. The molecule has 0 N–H and O–H groups in total. The average molecular weight is 249 g/mol. The zero-order valence-electron chi connectivity index (χ0n) is 11.0. The Kier molecular flexibility index (Phi) is 4.28. The molecule has 1 aromatic rings. The molecular weight excluding hydrogens is 230 g/mol. The van der Waals surface area contributed by atoms with Crippen molar-refractivity contribution in [3.05, 3.63) is 23.9 Å². The molecule has 0 aliphatic carbocycles. The van der Waals surface area contributed by atoms with E-state index in [2.05, 4.69) is 21.7 Å². The largest absolute Gasteiger partial charge is 0.480 e. The standard InChI is InChI=1S/C13H19N3O2/c1-10-8-12(14-15-13(10)17-3)11(2)9-16-4-6-18-7-5-16/h8H,2,4-7,9H2,1,3H3. The monoisotopic (exact) mass is 249 g/mol. The van der Waals surface area contributed by atoms with Crippen LogP contribution in [0.3, 0.4) is 0 Å². The molecule has 1 aliphatic rings. The summed E-state index contributed by atoms with van der Waals surface area (Å²) in [7, 11) is 1.60. The number of hydrogen-bond acceptors (Lipinski definition) is 5. The van der Waals surface area contributed by atoms with Crippen molar-refractivity contribution in [3.63, 3.8) is 0 Å². The van der Waals surface area contributed by atoms with Crippen LogP contribution in [0.5, 0.6) is 5.88 Å². The van der Waals surface area contributed by atoms with E-state index >= 15 is 0 Å². The second-order valence-electron chi connectivity index (χ2n) is 4.41. The van der Waals surface area contributed by atoms with Crippen LogP contribution in [0.15, 0.2) is 12.6 Å². The van der Waals surface area contributed by atoms with Crippen LogP contribution in [0.4, 0.5) is 0 Å². The Bertz CT molecular complexity index is 428. The highest BCUT2D eigenvalue weighted by molar-refractivity contribution is 5.62. The number of hydrogen-bond donors (Lipinski definition) is 0. The maximum atomic E-state index is 5.32. The van der Waals surface area contributed by atoms with Gasteiger partial charge in [0.1, 0.15) is 0 Å². The van der Waals surface area contributed by atoms with Crippen LogP contribution in [0.2, 0.25) is 0 Å². The number of methoxy groups -OCH3 is 1. The summed E-state index contributed by atoms with van der Waals surface area (Å²) < 4.78 is 10.4. The summed E-state index contributed by atoms with van der Waals surface area (Å²) in [4.78, 5) is 2.31. The number of nitrogens with zero attached hydrogens (tertiary/aromatic N) is 3. The highest BCUT2D eigenvalue weighted by Crippen LogP contribution is 2.18. The van der Waals surface area contributed by atoms with Gasteiger partial charge in [0.05, 0.1) is 26.0 Å². The molecule has 0 saturated carbocycles. The quantitative estimate of drug-likeness (QED) is 0.801. The van der Waals surface area contributed by atoms with E-state index in [0.29, 0.717) is 5.88 Å². The third-order valence-electron chi connectivity index (χ3n) is 3.01. The normalized spacial score (nSPS) is 16.6. The van der Waals surface area contributed by atoms with Crippen molar-refractivity contribution in [2.24, 2.45) is 0 Å². The molecule has 1 fully saturated rings. The molecule has 1 saturated heterocycles. The van der Waals surface area contributed by atoms with E-state index in [4.69, 9.17) is 9.47 Å². The van der Waals surface area contributed by atoms with Crippen molar-refractivity contribution < 1.29 is 9.47 Å². The van der Waals surface area contributed by atoms with Gasteiger partial charge in [0, 0.05) is 25.2 Å². The van der Waals surface area contributed by atoms with Crippen molar-refractivity contribution >= 4 is 5.57 Å². The SMILES string of the molecule is C=C(CN1CCOCC1)c1cc(C)c(OC)nn1. The lowest BCUT2D eigenvalue weighted by molar-refractivity contribution is 0.0444. The Balaban J connectivity index is 2.01. The molecule has 0 aromatic carbocycles. The van der Waals surface area contributed by atoms with E-state index in [-0.39, 0.29) is 0 Å². The summed E-state index contributed by atoms with van der Waals surface area (Å²) in [5.74, 6) is 0.568. The topological polar surface area (TPSA) is 47.5 Å². The van der Waals surface area contributed by atoms with E-state index in [1.807, 2.05) is 13.0 Å². The lowest BCUT2D eigenvalue weighted by atomic mass is 10.1. The predicted molar refractivity (Wildman–Crippen MR) is 69.6 cm³/mol. The minimum atomic E-state index is 0.568. The first-order valence-corrected chi connectivity index (χ1v) is 6.07. The molecule has 0 spiro atoms. The lowest BCUT2D eigenvalue weighted by Crippen LogP contribution is -2.37. The Morgan fingerprint density at radius 3 is 2.78 bits per heavy atom. The molecule has 0 unspecified atom stereocenters. The molecule has 0 radical (unpaired) electrons. The van der Waals surface area contributed by atoms with Crippen LogP contribution in [0, 0.1) is 6.92 Å². The van der Waals surface area contributed by atoms with Crippen molar-refractivity contribution in [2.75, 3.05) is 40.0 Å². The number of aryl methyl sites for hydroxylation is 1. The molecule has 5 nitrogen and oxygen atoms in total. The number of ether oxygens (including phenoxy) is 2. The van der Waals surface area contributed by atoms with Crippen molar-refractivity contribution in [1.82, 2.24) is 15.1 Å². The summed E-state index contributed by atoms with van der Waals surface area (Å²) in [6, 6.07) is 1.97. The lowest BCUT2D eigenvalue weighted by Gasteiger charge is -2.27. The highest BCUT2D eigenvalue weighted by atomic mass is 16.5. The van der Waals surface area contributed by atoms with E-state index in [1.54, 1.807) is 7.11 Å². The number of morpholine rings is 1. The van der Waals surface area contributed by atoms with Gasteiger partial charge in [-0.15, -0.1) is 10.2 Å². The molecule has 98 valence electrons. The van der Waals surface area contributed by atoms with Gasteiger partial charge in [0.25, 0.3) is 0 Å². The molecule has 0 amide bonds. The van der Waals surface area contributed by atoms with Crippen LogP contribution in [-0.2, 0) is 4.74 Å². The Morgan fingerprint density at radius 1 is 1.44 bits per heavy atom. The molecule has 0 bridgehead atoms. The fourth-order valence-corrected chi connectivity index (χ4v) is 1.96. The first-order valence-electron chi connectivity index (χ1n) is 6.07. The third kappa shape index (κ3) is 3.05. The van der Waals surface area contributed by atoms with Crippen molar-refractivity contribution in [1.29, 1.82) is 0 Å². The van der Waals surface area contributed by atoms with Gasteiger partial charge in [-0.05, 0) is 18.6 Å². The molecule has 0 atom stereocenters. The van der Waals surface area contributed by atoms with Crippen LogP contribution in [-0.4, -0.2) is 55.1 Å². The van der Waals surface area contributed by atoms with Gasteiger partial charge < -0.3 is 9.47 Å². The second kappa shape index (κ2) is 5.93. The summed E-state index contributed by atoms with van der Waals surface area (Å²) in [5.41, 5.74) is 2.79. The summed E-state index contributed by atoms with van der Waals surface area (Å²) in [6.07, 6.45) is 0. The second-order valence-corrected chi connectivity index (χ2v) is 4.41. The van der Waals surface area contributed by atoms with Gasteiger partial charge in [-0.25, -0.2) is 0 Å². The smallest absolute Gasteiger partial charge is 0.236 e. The summed E-state index contributed by atoms with van der Waals surface area (Å²) >= 11 is 0. The number of aromatic nitrogens is 2. The van der Waals surface area contributed by atoms with Gasteiger partial charge in [-0.1, -0.05) is 6.58 Å². The first kappa shape index (κ1) is 13.0. The molecular formula is C13H19N3O2. The van der Waals surface area contributed by atoms with Crippen LogP contribution < -0.4 is 4.74 Å². The van der Waals surface area contributed by atoms with Gasteiger partial charge in [-0.2, -0.15) is 0 Å². The number of rotatable bonds is 4. The summed E-state index contributed by atoms with van der Waals surface area (Å²) in [5, 5.41) is 8.18. The molecule has 18 heavy (non-hydrogen) atoms. The highest BCUT2D eigenvalue weighted by Gasteiger charge is 2.13. The fraction of sp³-hybridized carbons (Fsp3) is 0.538. The predicted octanol–water partition coefficient (Wildman–Crippen LogP) is 1.14.